The summed E-state index contributed by atoms with van der Waals surface area (Å²) in [6.45, 7) is 3.80. The zero-order valence-corrected chi connectivity index (χ0v) is 27.0. The second kappa shape index (κ2) is 24.3. The van der Waals surface area contributed by atoms with E-state index in [0.717, 1.165) is 25.7 Å². The Bertz CT molecular complexity index is 763. The second-order valence-corrected chi connectivity index (χ2v) is 13.0. The number of allylic oxidation sites excluding steroid dienone is 5. The average molecular weight is 588 g/mol. The van der Waals surface area contributed by atoms with Crippen molar-refractivity contribution in [3.8, 4) is 0 Å². The number of unbranched alkanes of at least 4 members (excludes halogenated alkanes) is 11. The number of nitrogens with one attached hydrogen (secondary N) is 1. The molecule has 9 heteroatoms. The summed E-state index contributed by atoms with van der Waals surface area (Å²) in [5.41, 5.74) is 0. The number of quaternary nitrogens is 1. The zero-order valence-electron chi connectivity index (χ0n) is 26.1. The van der Waals surface area contributed by atoms with Crippen LogP contribution in [0.5, 0.6) is 0 Å². The van der Waals surface area contributed by atoms with Gasteiger partial charge in [-0.25, -0.2) is 4.57 Å². The first-order valence-electron chi connectivity index (χ1n) is 15.3. The maximum atomic E-state index is 12.1. The van der Waals surface area contributed by atoms with Crippen molar-refractivity contribution in [3.63, 3.8) is 0 Å². The summed E-state index contributed by atoms with van der Waals surface area (Å²) >= 11 is 0. The minimum absolute atomic E-state index is 0.0493. The summed E-state index contributed by atoms with van der Waals surface area (Å²) in [6, 6.07) is -0.867. The molecule has 234 valence electrons. The lowest BCUT2D eigenvalue weighted by atomic mass is 10.1. The molecule has 0 aliphatic rings. The molecule has 0 aliphatic carbocycles. The lowest BCUT2D eigenvalue weighted by molar-refractivity contribution is -0.870. The average Bonchev–Trinajstić information content (AvgIpc) is 2.86. The monoisotopic (exact) mass is 587 g/mol. The fourth-order valence-corrected chi connectivity index (χ4v) is 4.66. The van der Waals surface area contributed by atoms with Crippen molar-refractivity contribution in [2.24, 2.45) is 0 Å². The van der Waals surface area contributed by atoms with Crippen LogP contribution in [-0.4, -0.2) is 73.4 Å². The van der Waals surface area contributed by atoms with Crippen LogP contribution < -0.4 is 5.32 Å². The normalized spacial score (nSPS) is 15.7. The molecule has 0 spiro atoms. The first-order valence-corrected chi connectivity index (χ1v) is 16.8. The number of amides is 1. The van der Waals surface area contributed by atoms with Crippen molar-refractivity contribution in [1.82, 2.24) is 5.32 Å². The van der Waals surface area contributed by atoms with Gasteiger partial charge in [0.15, 0.2) is 0 Å². The molecule has 0 aromatic rings. The third-order valence-corrected chi connectivity index (χ3v) is 7.36. The van der Waals surface area contributed by atoms with Gasteiger partial charge in [-0.3, -0.25) is 13.8 Å². The summed E-state index contributed by atoms with van der Waals surface area (Å²) in [5, 5.41) is 13.0. The number of likely N-dealkylation sites (N-methyl/N-ethyl adjacent to an activating group) is 1. The third-order valence-electron chi connectivity index (χ3n) is 6.38. The van der Waals surface area contributed by atoms with Gasteiger partial charge in [-0.05, 0) is 38.5 Å². The van der Waals surface area contributed by atoms with Gasteiger partial charge in [0, 0.05) is 6.92 Å². The van der Waals surface area contributed by atoms with Gasteiger partial charge < -0.3 is 19.8 Å². The van der Waals surface area contributed by atoms with E-state index in [0.29, 0.717) is 11.0 Å². The van der Waals surface area contributed by atoms with Gasteiger partial charge >= 0.3 is 7.82 Å². The van der Waals surface area contributed by atoms with Crippen molar-refractivity contribution in [3.05, 3.63) is 36.5 Å². The second-order valence-electron chi connectivity index (χ2n) is 11.6. The van der Waals surface area contributed by atoms with Crippen LogP contribution in [0, 0.1) is 0 Å². The molecule has 0 saturated carbocycles. The van der Waals surface area contributed by atoms with E-state index >= 15 is 0 Å². The Balaban J connectivity index is 4.08. The SMILES string of the molecule is CCCCCCCCCCC/C=C/CC/C=C/CC/C=C/C(O)C(COP(=O)(O)OCC[N+](C)(C)C)NC(C)=O. The van der Waals surface area contributed by atoms with Crippen molar-refractivity contribution in [1.29, 1.82) is 0 Å². The summed E-state index contributed by atoms with van der Waals surface area (Å²) in [6.07, 6.45) is 28.4. The van der Waals surface area contributed by atoms with Gasteiger partial charge in [0.05, 0.1) is 39.9 Å². The predicted octanol–water partition coefficient (Wildman–Crippen LogP) is 6.84. The highest BCUT2D eigenvalue weighted by atomic mass is 31.2. The van der Waals surface area contributed by atoms with Crippen LogP contribution in [0.25, 0.3) is 0 Å². The molecular formula is C31H60N2O6P+. The van der Waals surface area contributed by atoms with E-state index in [1.165, 1.54) is 71.1 Å². The highest BCUT2D eigenvalue weighted by molar-refractivity contribution is 7.47. The first-order chi connectivity index (χ1) is 19.0. The summed E-state index contributed by atoms with van der Waals surface area (Å²) in [7, 11) is 1.53. The first kappa shape index (κ1) is 38.7. The van der Waals surface area contributed by atoms with Crippen LogP contribution in [-0.2, 0) is 18.4 Å². The Labute approximate surface area is 245 Å². The fraction of sp³-hybridized carbons (Fsp3) is 0.774. The van der Waals surface area contributed by atoms with Crippen molar-refractivity contribution in [2.45, 2.75) is 116 Å². The molecule has 3 atom stereocenters. The number of hydrogen-bond donors (Lipinski definition) is 3. The molecule has 3 unspecified atom stereocenters. The van der Waals surface area contributed by atoms with E-state index in [1.807, 2.05) is 27.2 Å². The van der Waals surface area contributed by atoms with Crippen LogP contribution in [0.4, 0.5) is 0 Å². The van der Waals surface area contributed by atoms with E-state index in [1.54, 1.807) is 6.08 Å². The smallest absolute Gasteiger partial charge is 0.387 e. The Hall–Kier alpha value is -1.28. The van der Waals surface area contributed by atoms with Crippen LogP contribution in [0.2, 0.25) is 0 Å². The number of nitrogens with zero attached hydrogens (tertiary/aromatic N) is 1. The highest BCUT2D eigenvalue weighted by Gasteiger charge is 2.27. The van der Waals surface area contributed by atoms with Gasteiger partial charge in [0.2, 0.25) is 5.91 Å². The molecule has 8 nitrogen and oxygen atoms in total. The van der Waals surface area contributed by atoms with Gasteiger partial charge in [0.25, 0.3) is 0 Å². The number of carbonyl (C=O) groups is 1. The molecule has 0 saturated heterocycles. The van der Waals surface area contributed by atoms with E-state index in [9.17, 15) is 19.4 Å². The summed E-state index contributed by atoms with van der Waals surface area (Å²) < 4.78 is 22.7. The molecule has 1 amide bonds. The van der Waals surface area contributed by atoms with E-state index < -0.39 is 20.0 Å². The number of phosphoric ester groups is 1. The number of hydrogen-bond acceptors (Lipinski definition) is 5. The van der Waals surface area contributed by atoms with Crippen LogP contribution in [0.3, 0.4) is 0 Å². The Kier molecular flexibility index (Phi) is 23.6. The number of aliphatic hydroxyl groups is 1. The van der Waals surface area contributed by atoms with Gasteiger partial charge in [-0.15, -0.1) is 0 Å². The van der Waals surface area contributed by atoms with Crippen LogP contribution in [0.15, 0.2) is 36.5 Å². The van der Waals surface area contributed by atoms with Crippen molar-refractivity contribution < 1.29 is 32.9 Å². The number of phosphoric acid groups is 1. The molecule has 0 heterocycles. The summed E-state index contributed by atoms with van der Waals surface area (Å²) in [4.78, 5) is 21.4. The van der Waals surface area contributed by atoms with E-state index in [2.05, 4.69) is 36.5 Å². The minimum atomic E-state index is -4.29. The molecule has 0 fully saturated rings. The Morgan fingerprint density at radius 1 is 0.825 bits per heavy atom. The minimum Gasteiger partial charge on any atom is -0.387 e. The van der Waals surface area contributed by atoms with E-state index in [-0.39, 0.29) is 19.1 Å². The van der Waals surface area contributed by atoms with Gasteiger partial charge in [-0.2, -0.15) is 0 Å². The number of rotatable bonds is 26. The van der Waals surface area contributed by atoms with Gasteiger partial charge in [-0.1, -0.05) is 94.7 Å². The number of carbonyl (C=O) groups excluding carboxylic acids is 1. The quantitative estimate of drug-likeness (QED) is 0.0443. The van der Waals surface area contributed by atoms with Crippen LogP contribution >= 0.6 is 7.82 Å². The summed E-state index contributed by atoms with van der Waals surface area (Å²) in [5.74, 6) is -0.370. The predicted molar refractivity (Wildman–Crippen MR) is 166 cm³/mol. The molecule has 0 rings (SSSR count). The number of aliphatic hydroxyl groups excluding tert-OH is 1. The Morgan fingerprint density at radius 2 is 1.32 bits per heavy atom. The lowest BCUT2D eigenvalue weighted by Crippen LogP contribution is -2.44. The largest absolute Gasteiger partial charge is 0.472 e. The fourth-order valence-electron chi connectivity index (χ4n) is 3.93. The maximum Gasteiger partial charge on any atom is 0.472 e. The van der Waals surface area contributed by atoms with Crippen molar-refractivity contribution in [2.75, 3.05) is 40.9 Å². The zero-order chi connectivity index (χ0) is 30.1. The van der Waals surface area contributed by atoms with Crippen molar-refractivity contribution >= 4 is 13.7 Å². The third kappa shape index (κ3) is 26.9. The van der Waals surface area contributed by atoms with Gasteiger partial charge in [0.1, 0.15) is 13.2 Å². The lowest BCUT2D eigenvalue weighted by Gasteiger charge is -2.25. The standard InChI is InChI=1S/C31H59N2O6P/c1-6-7-8-9-10-11-12-13-14-15-16-17-18-19-20-21-22-23-24-25-31(35)30(32-29(2)34)28-39-40(36,37)38-27-26-33(3,4)5/h16-17,20-21,24-25,30-31,35H,6-15,18-19,22-23,26-28H2,1-5H3,(H-,32,34,36,37)/p+1/b17-16+,21-20+,25-24+. The molecule has 3 N–H and O–H groups in total. The maximum absolute atomic E-state index is 12.1. The topological polar surface area (TPSA) is 105 Å². The molecule has 0 aliphatic heterocycles. The van der Waals surface area contributed by atoms with E-state index in [4.69, 9.17) is 9.05 Å². The molecule has 0 aromatic carbocycles. The Morgan fingerprint density at radius 3 is 1.85 bits per heavy atom. The molecule has 0 aromatic heterocycles. The molecule has 0 bridgehead atoms. The highest BCUT2D eigenvalue weighted by Crippen LogP contribution is 2.43. The van der Waals surface area contributed by atoms with Crippen LogP contribution in [0.1, 0.15) is 104 Å². The molecule has 40 heavy (non-hydrogen) atoms. The molecule has 0 radical (unpaired) electrons. The molecular weight excluding hydrogens is 527 g/mol.